The van der Waals surface area contributed by atoms with Crippen molar-refractivity contribution in [1.82, 2.24) is 9.88 Å². The number of fused-ring (bicyclic) bond motifs is 1. The van der Waals surface area contributed by atoms with Crippen molar-refractivity contribution in [1.29, 1.82) is 0 Å². The molecule has 0 saturated heterocycles. The number of halogens is 2. The molecule has 0 radical (unpaired) electrons. The largest absolute Gasteiger partial charge is 0.472 e. The second-order valence-electron chi connectivity index (χ2n) is 6.01. The van der Waals surface area contributed by atoms with Gasteiger partial charge < -0.3 is 4.42 Å². The average Bonchev–Trinajstić information content (AvgIpc) is 3.21. The van der Waals surface area contributed by atoms with Gasteiger partial charge in [0, 0.05) is 36.1 Å². The van der Waals surface area contributed by atoms with E-state index < -0.39 is 11.6 Å². The average molecular weight is 346 g/mol. The summed E-state index contributed by atoms with van der Waals surface area (Å²) in [5, 5.41) is 2.94. The van der Waals surface area contributed by atoms with Gasteiger partial charge in [-0.05, 0) is 36.6 Å². The van der Waals surface area contributed by atoms with Crippen molar-refractivity contribution in [3.63, 3.8) is 0 Å². The second-order valence-corrected chi connectivity index (χ2v) is 6.87. The van der Waals surface area contributed by atoms with Gasteiger partial charge in [0.25, 0.3) is 0 Å². The van der Waals surface area contributed by atoms with Crippen LogP contribution in [0.3, 0.4) is 0 Å². The molecule has 0 saturated carbocycles. The van der Waals surface area contributed by atoms with Crippen LogP contribution in [-0.4, -0.2) is 16.4 Å². The molecule has 0 amide bonds. The molecule has 0 N–H and O–H groups in total. The highest BCUT2D eigenvalue weighted by atomic mass is 32.1. The molecule has 3 heterocycles. The summed E-state index contributed by atoms with van der Waals surface area (Å²) in [7, 11) is 0. The van der Waals surface area contributed by atoms with Crippen LogP contribution in [0.1, 0.15) is 29.8 Å². The molecule has 1 atom stereocenters. The number of thiazole rings is 1. The first-order chi connectivity index (χ1) is 11.6. The monoisotopic (exact) mass is 346 g/mol. The van der Waals surface area contributed by atoms with Gasteiger partial charge in [0.15, 0.2) is 0 Å². The zero-order valence-electron chi connectivity index (χ0n) is 13.1. The minimum atomic E-state index is -0.518. The molecule has 6 heteroatoms. The van der Waals surface area contributed by atoms with Crippen molar-refractivity contribution < 1.29 is 13.2 Å². The third-order valence-electron chi connectivity index (χ3n) is 4.53. The van der Waals surface area contributed by atoms with Crippen LogP contribution < -0.4 is 0 Å². The van der Waals surface area contributed by atoms with E-state index in [1.165, 1.54) is 6.07 Å². The van der Waals surface area contributed by atoms with E-state index in [0.29, 0.717) is 18.5 Å². The van der Waals surface area contributed by atoms with Crippen LogP contribution in [0.15, 0.2) is 40.5 Å². The summed E-state index contributed by atoms with van der Waals surface area (Å²) in [6, 6.07) is 4.26. The minimum Gasteiger partial charge on any atom is -0.472 e. The zero-order chi connectivity index (χ0) is 16.7. The number of nitrogens with zero attached hydrogens (tertiary/aromatic N) is 2. The minimum absolute atomic E-state index is 0.0435. The first-order valence-electron chi connectivity index (χ1n) is 7.80. The first-order valence-corrected chi connectivity index (χ1v) is 8.68. The van der Waals surface area contributed by atoms with Crippen LogP contribution >= 0.6 is 11.3 Å². The number of furan rings is 1. The van der Waals surface area contributed by atoms with Gasteiger partial charge in [0.1, 0.15) is 22.9 Å². The van der Waals surface area contributed by atoms with Gasteiger partial charge in [-0.2, -0.15) is 0 Å². The Kier molecular flexibility index (Phi) is 3.94. The number of aromatic nitrogens is 1. The van der Waals surface area contributed by atoms with Crippen LogP contribution in [0.2, 0.25) is 0 Å². The van der Waals surface area contributed by atoms with Gasteiger partial charge in [-0.3, -0.25) is 4.90 Å². The SMILES string of the molecule is CC1c2cc(F)cc(F)c2CCN1Cc1csc(-c2ccoc2)n1. The smallest absolute Gasteiger partial charge is 0.129 e. The molecule has 2 aromatic heterocycles. The lowest BCUT2D eigenvalue weighted by Gasteiger charge is -2.35. The van der Waals surface area contributed by atoms with E-state index >= 15 is 0 Å². The summed E-state index contributed by atoms with van der Waals surface area (Å²) in [6.07, 6.45) is 3.89. The van der Waals surface area contributed by atoms with Crippen LogP contribution in [0.4, 0.5) is 8.78 Å². The molecule has 1 unspecified atom stereocenters. The predicted molar refractivity (Wildman–Crippen MR) is 88.7 cm³/mol. The van der Waals surface area contributed by atoms with Gasteiger partial charge in [0.2, 0.25) is 0 Å². The van der Waals surface area contributed by atoms with Crippen molar-refractivity contribution >= 4 is 11.3 Å². The van der Waals surface area contributed by atoms with E-state index in [-0.39, 0.29) is 6.04 Å². The van der Waals surface area contributed by atoms with Crippen LogP contribution in [-0.2, 0) is 13.0 Å². The maximum absolute atomic E-state index is 13.9. The Morgan fingerprint density at radius 2 is 2.25 bits per heavy atom. The zero-order valence-corrected chi connectivity index (χ0v) is 13.9. The predicted octanol–water partition coefficient (Wildman–Crippen LogP) is 4.80. The molecule has 3 aromatic rings. The van der Waals surface area contributed by atoms with Crippen LogP contribution in [0.5, 0.6) is 0 Å². The molecule has 4 rings (SSSR count). The lowest BCUT2D eigenvalue weighted by atomic mass is 9.93. The highest BCUT2D eigenvalue weighted by molar-refractivity contribution is 7.13. The number of benzene rings is 1. The summed E-state index contributed by atoms with van der Waals surface area (Å²) in [6.45, 7) is 3.38. The lowest BCUT2D eigenvalue weighted by Crippen LogP contribution is -2.34. The van der Waals surface area contributed by atoms with Crippen molar-refractivity contribution in [2.24, 2.45) is 0 Å². The summed E-state index contributed by atoms with van der Waals surface area (Å²) in [5.74, 6) is -0.955. The van der Waals surface area contributed by atoms with Gasteiger partial charge in [-0.25, -0.2) is 13.8 Å². The molecular weight excluding hydrogens is 330 g/mol. The third kappa shape index (κ3) is 2.76. The molecule has 1 aromatic carbocycles. The second kappa shape index (κ2) is 6.11. The molecule has 3 nitrogen and oxygen atoms in total. The van der Waals surface area contributed by atoms with Gasteiger partial charge in [-0.15, -0.1) is 11.3 Å². The Morgan fingerprint density at radius 3 is 3.04 bits per heavy atom. The number of rotatable bonds is 3. The maximum Gasteiger partial charge on any atom is 0.129 e. The molecule has 1 aliphatic heterocycles. The topological polar surface area (TPSA) is 29.3 Å². The van der Waals surface area contributed by atoms with Crippen LogP contribution in [0, 0.1) is 11.6 Å². The van der Waals surface area contributed by atoms with Gasteiger partial charge >= 0.3 is 0 Å². The number of hydrogen-bond donors (Lipinski definition) is 0. The molecule has 0 bridgehead atoms. The van der Waals surface area contributed by atoms with Crippen molar-refractivity contribution in [2.75, 3.05) is 6.54 Å². The van der Waals surface area contributed by atoms with Crippen molar-refractivity contribution in [3.05, 3.63) is 64.6 Å². The van der Waals surface area contributed by atoms with E-state index in [4.69, 9.17) is 4.42 Å². The molecule has 24 heavy (non-hydrogen) atoms. The fourth-order valence-corrected chi connectivity index (χ4v) is 4.03. The maximum atomic E-state index is 13.9. The fourth-order valence-electron chi connectivity index (χ4n) is 3.23. The van der Waals surface area contributed by atoms with E-state index in [1.54, 1.807) is 23.9 Å². The number of hydrogen-bond acceptors (Lipinski definition) is 4. The summed E-state index contributed by atoms with van der Waals surface area (Å²) in [5.41, 5.74) is 3.30. The van der Waals surface area contributed by atoms with Crippen molar-refractivity contribution in [2.45, 2.75) is 25.9 Å². The summed E-state index contributed by atoms with van der Waals surface area (Å²) < 4.78 is 32.6. The Hall–Kier alpha value is -2.05. The van der Waals surface area contributed by atoms with Gasteiger partial charge in [-0.1, -0.05) is 0 Å². The quantitative estimate of drug-likeness (QED) is 0.682. The van der Waals surface area contributed by atoms with E-state index in [0.717, 1.165) is 34.4 Å². The lowest BCUT2D eigenvalue weighted by molar-refractivity contribution is 0.185. The Balaban J connectivity index is 1.56. The van der Waals surface area contributed by atoms with E-state index in [9.17, 15) is 8.78 Å². The Morgan fingerprint density at radius 1 is 1.38 bits per heavy atom. The molecule has 124 valence electrons. The standard InChI is InChI=1S/C18H16F2N2OS/c1-11-16-6-13(19)7-17(20)15(16)2-4-22(11)8-14-10-24-18(21-14)12-3-5-23-9-12/h3,5-7,9-11H,2,4,8H2,1H3. The third-order valence-corrected chi connectivity index (χ3v) is 5.47. The van der Waals surface area contributed by atoms with E-state index in [2.05, 4.69) is 9.88 Å². The first kappa shape index (κ1) is 15.5. The van der Waals surface area contributed by atoms with E-state index in [1.807, 2.05) is 18.4 Å². The highest BCUT2D eigenvalue weighted by Gasteiger charge is 2.27. The van der Waals surface area contributed by atoms with Crippen molar-refractivity contribution in [3.8, 4) is 10.6 Å². The van der Waals surface area contributed by atoms with Gasteiger partial charge in [0.05, 0.1) is 12.0 Å². The van der Waals surface area contributed by atoms with Crippen LogP contribution in [0.25, 0.3) is 10.6 Å². The molecule has 0 fully saturated rings. The Labute approximate surface area is 142 Å². The summed E-state index contributed by atoms with van der Waals surface area (Å²) >= 11 is 1.57. The molecular formula is C18H16F2N2OS. The Bertz CT molecular complexity index is 860. The molecule has 0 spiro atoms. The summed E-state index contributed by atoms with van der Waals surface area (Å²) in [4.78, 5) is 6.84. The molecule has 0 aliphatic carbocycles. The fraction of sp³-hybridized carbons (Fsp3) is 0.278. The normalized spacial score (nSPS) is 17.9. The molecule has 1 aliphatic rings. The highest BCUT2D eigenvalue weighted by Crippen LogP contribution is 2.33.